The molecular formula is C23H22ClNO6. The van der Waals surface area contributed by atoms with Gasteiger partial charge in [0.15, 0.2) is 0 Å². The van der Waals surface area contributed by atoms with Gasteiger partial charge in [0.05, 0.1) is 11.6 Å². The van der Waals surface area contributed by atoms with Crippen LogP contribution in [0.2, 0.25) is 5.02 Å². The van der Waals surface area contributed by atoms with Crippen molar-refractivity contribution in [1.29, 1.82) is 0 Å². The van der Waals surface area contributed by atoms with Gasteiger partial charge in [0, 0.05) is 23.6 Å². The molecule has 2 aromatic rings. The number of hydrogen-bond acceptors (Lipinski definition) is 5. The van der Waals surface area contributed by atoms with Crippen LogP contribution >= 0.6 is 11.6 Å². The first-order chi connectivity index (χ1) is 14.8. The van der Waals surface area contributed by atoms with Crippen LogP contribution in [0.4, 0.5) is 0 Å². The molecule has 162 valence electrons. The Bertz CT molecular complexity index is 1010. The maximum Gasteiger partial charge on any atom is 0.303 e. The number of carbonyl (C=O) groups excluding carboxylic acids is 2. The molecule has 31 heavy (non-hydrogen) atoms. The van der Waals surface area contributed by atoms with Gasteiger partial charge in [-0.1, -0.05) is 30.2 Å². The summed E-state index contributed by atoms with van der Waals surface area (Å²) in [5, 5.41) is 29.8. The van der Waals surface area contributed by atoms with E-state index in [4.69, 9.17) is 16.7 Å². The second-order valence-corrected chi connectivity index (χ2v) is 7.73. The summed E-state index contributed by atoms with van der Waals surface area (Å²) in [5.41, 5.74) is 0.884. The number of likely N-dealkylation sites (tertiary alicyclic amines) is 1. The summed E-state index contributed by atoms with van der Waals surface area (Å²) in [4.78, 5) is 37.7. The maximum atomic E-state index is 12.9. The van der Waals surface area contributed by atoms with Crippen LogP contribution in [0.25, 0.3) is 5.76 Å². The van der Waals surface area contributed by atoms with Crippen molar-refractivity contribution < 1.29 is 29.7 Å². The molecule has 0 bridgehead atoms. The molecule has 7 nitrogen and oxygen atoms in total. The van der Waals surface area contributed by atoms with Crippen molar-refractivity contribution in [3.8, 4) is 5.75 Å². The van der Waals surface area contributed by atoms with Crippen LogP contribution in [0.15, 0.2) is 54.1 Å². The topological polar surface area (TPSA) is 115 Å². The lowest BCUT2D eigenvalue weighted by Gasteiger charge is -2.25. The maximum absolute atomic E-state index is 12.9. The van der Waals surface area contributed by atoms with E-state index in [0.29, 0.717) is 35.4 Å². The summed E-state index contributed by atoms with van der Waals surface area (Å²) < 4.78 is 0. The first-order valence-electron chi connectivity index (χ1n) is 9.84. The fourth-order valence-electron chi connectivity index (χ4n) is 3.61. The average molecular weight is 444 g/mol. The summed E-state index contributed by atoms with van der Waals surface area (Å²) in [6.07, 6.45) is 1.59. The number of Topliss-reactive ketones (excluding diaryl/α,β-unsaturated/α-hetero) is 1. The van der Waals surface area contributed by atoms with Crippen molar-refractivity contribution in [2.24, 2.45) is 0 Å². The molecule has 1 atom stereocenters. The van der Waals surface area contributed by atoms with E-state index in [9.17, 15) is 24.6 Å². The van der Waals surface area contributed by atoms with E-state index in [0.717, 1.165) is 0 Å². The van der Waals surface area contributed by atoms with Gasteiger partial charge in [-0.15, -0.1) is 0 Å². The van der Waals surface area contributed by atoms with E-state index < -0.39 is 23.7 Å². The minimum absolute atomic E-state index is 0.0343. The van der Waals surface area contributed by atoms with E-state index in [-0.39, 0.29) is 30.0 Å². The number of nitrogens with zero attached hydrogens (tertiary/aromatic N) is 1. The van der Waals surface area contributed by atoms with Crippen molar-refractivity contribution in [2.75, 3.05) is 6.54 Å². The third-order valence-corrected chi connectivity index (χ3v) is 5.41. The molecule has 2 aromatic carbocycles. The highest BCUT2D eigenvalue weighted by molar-refractivity contribution is 6.46. The molecule has 1 fully saturated rings. The van der Waals surface area contributed by atoms with Crippen molar-refractivity contribution in [1.82, 2.24) is 4.90 Å². The predicted octanol–water partition coefficient (Wildman–Crippen LogP) is 4.11. The van der Waals surface area contributed by atoms with Gasteiger partial charge >= 0.3 is 5.97 Å². The fourth-order valence-corrected chi connectivity index (χ4v) is 3.74. The van der Waals surface area contributed by atoms with Gasteiger partial charge in [0.25, 0.3) is 11.7 Å². The molecule has 0 radical (unpaired) electrons. The fraction of sp³-hybridized carbons (Fsp3) is 0.261. The Labute approximate surface area is 184 Å². The average Bonchev–Trinajstić information content (AvgIpc) is 2.99. The summed E-state index contributed by atoms with van der Waals surface area (Å²) in [6, 6.07) is 11.5. The third kappa shape index (κ3) is 5.06. The highest BCUT2D eigenvalue weighted by atomic mass is 35.5. The summed E-state index contributed by atoms with van der Waals surface area (Å²) in [6.45, 7) is 0.229. The molecule has 1 saturated heterocycles. The number of ketones is 1. The van der Waals surface area contributed by atoms with Crippen LogP contribution in [0.3, 0.4) is 0 Å². The van der Waals surface area contributed by atoms with Gasteiger partial charge in [0.1, 0.15) is 11.5 Å². The number of aromatic hydroxyl groups is 1. The number of aliphatic hydroxyl groups is 1. The van der Waals surface area contributed by atoms with Gasteiger partial charge in [0.2, 0.25) is 0 Å². The Morgan fingerprint density at radius 3 is 2.19 bits per heavy atom. The number of unbranched alkanes of at least 4 members (excludes halogenated alkanes) is 2. The number of carbonyl (C=O) groups is 3. The lowest BCUT2D eigenvalue weighted by molar-refractivity contribution is -0.140. The number of aliphatic carboxylic acids is 1. The van der Waals surface area contributed by atoms with Crippen LogP contribution in [-0.2, 0) is 14.4 Å². The van der Waals surface area contributed by atoms with Crippen molar-refractivity contribution in [3.63, 3.8) is 0 Å². The zero-order valence-electron chi connectivity index (χ0n) is 16.6. The number of phenolic OH excluding ortho intramolecular Hbond substituents is 1. The molecule has 0 aromatic heterocycles. The van der Waals surface area contributed by atoms with Gasteiger partial charge < -0.3 is 20.2 Å². The quantitative estimate of drug-likeness (QED) is 0.245. The Morgan fingerprint density at radius 1 is 0.935 bits per heavy atom. The molecule has 3 rings (SSSR count). The number of amides is 1. The molecule has 1 heterocycles. The Balaban J connectivity index is 1.96. The van der Waals surface area contributed by atoms with Crippen LogP contribution in [0, 0.1) is 0 Å². The van der Waals surface area contributed by atoms with Crippen molar-refractivity contribution in [2.45, 2.75) is 31.7 Å². The van der Waals surface area contributed by atoms with E-state index in [1.807, 2.05) is 0 Å². The first kappa shape index (κ1) is 22.4. The minimum Gasteiger partial charge on any atom is -0.508 e. The molecule has 1 unspecified atom stereocenters. The number of carboxylic acids is 1. The lowest BCUT2D eigenvalue weighted by atomic mass is 9.95. The number of benzene rings is 2. The van der Waals surface area contributed by atoms with E-state index in [1.54, 1.807) is 36.4 Å². The number of phenols is 1. The highest BCUT2D eigenvalue weighted by Gasteiger charge is 2.45. The first-order valence-corrected chi connectivity index (χ1v) is 10.2. The van der Waals surface area contributed by atoms with Crippen LogP contribution in [0.1, 0.15) is 42.9 Å². The highest BCUT2D eigenvalue weighted by Crippen LogP contribution is 2.40. The molecule has 0 aliphatic carbocycles. The van der Waals surface area contributed by atoms with Crippen LogP contribution in [0.5, 0.6) is 5.75 Å². The van der Waals surface area contributed by atoms with Crippen molar-refractivity contribution in [3.05, 3.63) is 70.3 Å². The number of hydrogen-bond donors (Lipinski definition) is 3. The van der Waals surface area contributed by atoms with Gasteiger partial charge in [-0.2, -0.15) is 0 Å². The van der Waals surface area contributed by atoms with E-state index in [2.05, 4.69) is 0 Å². The zero-order valence-corrected chi connectivity index (χ0v) is 17.4. The number of rotatable bonds is 8. The molecule has 1 amide bonds. The summed E-state index contributed by atoms with van der Waals surface area (Å²) in [7, 11) is 0. The molecule has 8 heteroatoms. The molecule has 0 spiro atoms. The normalized spacial score (nSPS) is 17.8. The lowest BCUT2D eigenvalue weighted by Crippen LogP contribution is -2.30. The second-order valence-electron chi connectivity index (χ2n) is 7.30. The molecular weight excluding hydrogens is 422 g/mol. The zero-order chi connectivity index (χ0) is 22.5. The third-order valence-electron chi connectivity index (χ3n) is 5.16. The number of aliphatic hydroxyl groups excluding tert-OH is 1. The number of carboxylic acid groups (broad SMARTS) is 1. The predicted molar refractivity (Wildman–Crippen MR) is 115 cm³/mol. The molecule has 3 N–H and O–H groups in total. The Morgan fingerprint density at radius 2 is 1.58 bits per heavy atom. The summed E-state index contributed by atoms with van der Waals surface area (Å²) in [5.74, 6) is -2.68. The minimum atomic E-state index is -0.882. The van der Waals surface area contributed by atoms with Crippen LogP contribution in [-0.4, -0.2) is 44.4 Å². The largest absolute Gasteiger partial charge is 0.508 e. The molecule has 0 saturated carbocycles. The Kier molecular flexibility index (Phi) is 6.97. The standard InChI is InChI=1S/C23H22ClNO6/c24-16-9-5-15(6-10-16)21(29)19-20(14-7-11-17(26)12-8-14)25(23(31)22(19)30)13-3-1-2-4-18(27)28/h5-12,20,26,29H,1-4,13H2,(H,27,28). The van der Waals surface area contributed by atoms with E-state index in [1.165, 1.54) is 17.0 Å². The number of halogens is 1. The van der Waals surface area contributed by atoms with Gasteiger partial charge in [-0.3, -0.25) is 14.4 Å². The smallest absolute Gasteiger partial charge is 0.303 e. The monoisotopic (exact) mass is 443 g/mol. The molecule has 1 aliphatic rings. The van der Waals surface area contributed by atoms with Crippen LogP contribution < -0.4 is 0 Å². The van der Waals surface area contributed by atoms with Gasteiger partial charge in [-0.05, 0) is 54.8 Å². The van der Waals surface area contributed by atoms with Crippen molar-refractivity contribution >= 4 is 35.0 Å². The SMILES string of the molecule is O=C(O)CCCCCN1C(=O)C(=O)C(=C(O)c2ccc(Cl)cc2)C1c1ccc(O)cc1. The van der Waals surface area contributed by atoms with Gasteiger partial charge in [-0.25, -0.2) is 0 Å². The second kappa shape index (κ2) is 9.66. The Hall–Kier alpha value is -3.32. The molecule has 1 aliphatic heterocycles. The van der Waals surface area contributed by atoms with E-state index >= 15 is 0 Å². The summed E-state index contributed by atoms with van der Waals surface area (Å²) >= 11 is 5.91.